The number of pyridine rings is 1. The predicted molar refractivity (Wildman–Crippen MR) is 169 cm³/mol. The van der Waals surface area contributed by atoms with Crippen LogP contribution in [0.25, 0.3) is 22.2 Å². The summed E-state index contributed by atoms with van der Waals surface area (Å²) in [5, 5.41) is 0. The van der Waals surface area contributed by atoms with E-state index in [-0.39, 0.29) is 22.9 Å². The number of sulfone groups is 1. The quantitative estimate of drug-likeness (QED) is 0.240. The smallest absolute Gasteiger partial charge is 0.243 e. The van der Waals surface area contributed by atoms with Crippen molar-refractivity contribution >= 4 is 54.3 Å². The number of anilines is 2. The summed E-state index contributed by atoms with van der Waals surface area (Å²) in [5.74, 6) is 0.673. The number of aromatic nitrogens is 3. The Kier molecular flexibility index (Phi) is 8.05. The molecule has 220 valence electrons. The lowest BCUT2D eigenvalue weighted by atomic mass is 10.1. The molecule has 6 rings (SSSR count). The highest BCUT2D eigenvalue weighted by Crippen LogP contribution is 2.28. The molecule has 10 nitrogen and oxygen atoms in total. The molecular weight excluding hydrogens is 605 g/mol. The van der Waals surface area contributed by atoms with Crippen LogP contribution in [0.2, 0.25) is 0 Å². The van der Waals surface area contributed by atoms with Crippen LogP contribution >= 0.6 is 11.9 Å². The minimum absolute atomic E-state index is 0.0683. The van der Waals surface area contributed by atoms with Crippen LogP contribution in [0.15, 0.2) is 112 Å². The molecule has 3 aromatic carbocycles. The third kappa shape index (κ3) is 6.49. The Morgan fingerprint density at radius 1 is 0.744 bits per heavy atom. The maximum absolute atomic E-state index is 13.2. The maximum Gasteiger partial charge on any atom is 0.243 e. The second-order valence-electron chi connectivity index (χ2n) is 10.0. The Balaban J connectivity index is 1.15. The van der Waals surface area contributed by atoms with Crippen molar-refractivity contribution in [2.45, 2.75) is 14.7 Å². The first-order valence-corrected chi connectivity index (χ1v) is 17.6. The van der Waals surface area contributed by atoms with Crippen LogP contribution in [0.1, 0.15) is 0 Å². The zero-order valence-electron chi connectivity index (χ0n) is 23.2. The van der Waals surface area contributed by atoms with E-state index in [0.717, 1.165) is 39.0 Å². The van der Waals surface area contributed by atoms with Gasteiger partial charge in [0.25, 0.3) is 0 Å². The molecule has 0 spiro atoms. The molecule has 0 amide bonds. The van der Waals surface area contributed by atoms with E-state index in [1.165, 1.54) is 40.5 Å². The molecule has 1 aliphatic rings. The topological polar surface area (TPSA) is 125 Å². The Hall–Kier alpha value is -4.04. The van der Waals surface area contributed by atoms with Crippen molar-refractivity contribution < 1.29 is 16.8 Å². The molecule has 0 unspecified atom stereocenters. The van der Waals surface area contributed by atoms with Gasteiger partial charge >= 0.3 is 0 Å². The van der Waals surface area contributed by atoms with Crippen LogP contribution in [0.3, 0.4) is 0 Å². The molecule has 1 N–H and O–H groups in total. The van der Waals surface area contributed by atoms with Crippen LogP contribution < -0.4 is 9.62 Å². The Morgan fingerprint density at radius 3 is 2.19 bits per heavy atom. The second-order valence-corrected chi connectivity index (χ2v) is 14.9. The van der Waals surface area contributed by atoms with Gasteiger partial charge < -0.3 is 9.62 Å². The van der Waals surface area contributed by atoms with Crippen molar-refractivity contribution in [3.63, 3.8) is 0 Å². The lowest BCUT2D eigenvalue weighted by Gasteiger charge is -2.34. The van der Waals surface area contributed by atoms with E-state index in [1.807, 2.05) is 65.7 Å². The van der Waals surface area contributed by atoms with Crippen molar-refractivity contribution in [1.82, 2.24) is 19.3 Å². The van der Waals surface area contributed by atoms with E-state index in [9.17, 15) is 16.8 Å². The number of sulfonamides is 1. The van der Waals surface area contributed by atoms with Gasteiger partial charge in [-0.15, -0.1) is 0 Å². The van der Waals surface area contributed by atoms with Gasteiger partial charge in [0.1, 0.15) is 5.82 Å². The normalized spacial score (nSPS) is 14.6. The van der Waals surface area contributed by atoms with E-state index in [0.29, 0.717) is 18.9 Å². The van der Waals surface area contributed by atoms with Crippen molar-refractivity contribution in [2.24, 2.45) is 0 Å². The highest BCUT2D eigenvalue weighted by Gasteiger charge is 2.29. The average molecular weight is 633 g/mol. The summed E-state index contributed by atoms with van der Waals surface area (Å²) in [5.41, 5.74) is 4.26. The zero-order valence-corrected chi connectivity index (χ0v) is 25.6. The van der Waals surface area contributed by atoms with Gasteiger partial charge in [0.2, 0.25) is 10.0 Å². The largest absolute Gasteiger partial charge is 0.353 e. The molecule has 13 heteroatoms. The van der Waals surface area contributed by atoms with Gasteiger partial charge in [0.15, 0.2) is 9.84 Å². The molecule has 0 atom stereocenters. The van der Waals surface area contributed by atoms with Gasteiger partial charge in [-0.3, -0.25) is 9.97 Å². The first-order valence-electron chi connectivity index (χ1n) is 13.4. The van der Waals surface area contributed by atoms with Gasteiger partial charge in [-0.2, -0.15) is 4.31 Å². The Bertz CT molecular complexity index is 1980. The van der Waals surface area contributed by atoms with Crippen LogP contribution in [-0.2, 0) is 19.9 Å². The fraction of sp³-hybridized carbons (Fsp3) is 0.167. The van der Waals surface area contributed by atoms with Gasteiger partial charge in [0.05, 0.1) is 38.9 Å². The van der Waals surface area contributed by atoms with E-state index in [4.69, 9.17) is 4.98 Å². The summed E-state index contributed by atoms with van der Waals surface area (Å²) >= 11 is 1.52. The molecule has 0 bridgehead atoms. The highest BCUT2D eigenvalue weighted by atomic mass is 32.2. The minimum atomic E-state index is -3.76. The molecule has 2 aromatic heterocycles. The summed E-state index contributed by atoms with van der Waals surface area (Å²) in [6.45, 7) is 1.42. The molecule has 1 saturated heterocycles. The van der Waals surface area contributed by atoms with E-state index >= 15 is 0 Å². The highest BCUT2D eigenvalue weighted by molar-refractivity contribution is 8.00. The number of nitrogens with zero attached hydrogens (tertiary/aromatic N) is 5. The van der Waals surface area contributed by atoms with E-state index < -0.39 is 19.9 Å². The molecule has 1 aliphatic heterocycles. The van der Waals surface area contributed by atoms with Crippen molar-refractivity contribution in [3.05, 3.63) is 97.5 Å². The monoisotopic (exact) mass is 632 g/mol. The van der Waals surface area contributed by atoms with Crippen molar-refractivity contribution in [2.75, 3.05) is 42.1 Å². The number of nitrogens with one attached hydrogen (secondary N) is 1. The molecule has 43 heavy (non-hydrogen) atoms. The maximum atomic E-state index is 13.2. The fourth-order valence-corrected chi connectivity index (χ4v) is 7.45. The lowest BCUT2D eigenvalue weighted by Crippen LogP contribution is -2.48. The fourth-order valence-electron chi connectivity index (χ4n) is 4.76. The van der Waals surface area contributed by atoms with E-state index in [2.05, 4.69) is 14.7 Å². The van der Waals surface area contributed by atoms with Crippen LogP contribution in [0, 0.1) is 0 Å². The van der Waals surface area contributed by atoms with Crippen LogP contribution in [0.5, 0.6) is 0 Å². The van der Waals surface area contributed by atoms with Gasteiger partial charge in [-0.25, -0.2) is 21.8 Å². The number of rotatable bonds is 8. The SMILES string of the molecule is CS(=O)(=O)c1ccc(S(=O)(=O)N2CCN(c3cnc4ccc(-c5cncc(NSc6ccccc6)c5)cc4n3)CC2)cc1. The number of hydrogen-bond acceptors (Lipinski definition) is 10. The summed E-state index contributed by atoms with van der Waals surface area (Å²) in [6.07, 6.45) is 6.39. The first kappa shape index (κ1) is 29.1. The third-order valence-corrected chi connectivity index (χ3v) is 11.0. The molecule has 0 saturated carbocycles. The summed E-state index contributed by atoms with van der Waals surface area (Å²) < 4.78 is 54.6. The number of benzene rings is 3. The van der Waals surface area contributed by atoms with Crippen molar-refractivity contribution in [1.29, 1.82) is 0 Å². The molecule has 0 aliphatic carbocycles. The van der Waals surface area contributed by atoms with Crippen LogP contribution in [-0.4, -0.2) is 68.5 Å². The van der Waals surface area contributed by atoms with Gasteiger partial charge in [-0.1, -0.05) is 24.3 Å². The van der Waals surface area contributed by atoms with E-state index in [1.54, 1.807) is 12.4 Å². The minimum Gasteiger partial charge on any atom is -0.353 e. The molecule has 0 radical (unpaired) electrons. The number of hydrogen-bond donors (Lipinski definition) is 1. The molecular formula is C30H28N6O4S3. The Labute approximate surface area is 254 Å². The molecule has 5 aromatic rings. The standard InChI is InChI=1S/C30H28N6O4S3/c1-42(37,38)26-8-10-27(11-9-26)43(39,40)36-15-13-35(14-16-36)30-21-32-28-12-7-22(18-29(28)33-30)23-17-24(20-31-19-23)34-41-25-5-3-2-4-6-25/h2-12,17-21,34H,13-16H2,1H3. The summed E-state index contributed by atoms with van der Waals surface area (Å²) in [7, 11) is -7.17. The summed E-state index contributed by atoms with van der Waals surface area (Å²) in [6, 6.07) is 23.3. The number of piperazine rings is 1. The summed E-state index contributed by atoms with van der Waals surface area (Å²) in [4.78, 5) is 17.1. The van der Waals surface area contributed by atoms with Gasteiger partial charge in [0, 0.05) is 49.1 Å². The zero-order chi connectivity index (χ0) is 30.0. The van der Waals surface area contributed by atoms with Crippen LogP contribution in [0.4, 0.5) is 11.5 Å². The lowest BCUT2D eigenvalue weighted by molar-refractivity contribution is 0.384. The third-order valence-electron chi connectivity index (χ3n) is 7.08. The van der Waals surface area contributed by atoms with Crippen molar-refractivity contribution in [3.8, 4) is 11.1 Å². The first-order chi connectivity index (χ1) is 20.7. The second kappa shape index (κ2) is 11.9. The average Bonchev–Trinajstić information content (AvgIpc) is 3.03. The van der Waals surface area contributed by atoms with Gasteiger partial charge in [-0.05, 0) is 72.1 Å². The molecule has 3 heterocycles. The Morgan fingerprint density at radius 2 is 1.47 bits per heavy atom. The molecule has 1 fully saturated rings. The number of fused-ring (bicyclic) bond motifs is 1. The predicted octanol–water partition coefficient (Wildman–Crippen LogP) is 4.73.